The number of rotatable bonds is 4. The zero-order valence-electron chi connectivity index (χ0n) is 10.3. The first-order chi connectivity index (χ1) is 8.18. The molecule has 0 amide bonds. The van der Waals surface area contributed by atoms with E-state index in [9.17, 15) is 0 Å². The van der Waals surface area contributed by atoms with Crippen LogP contribution in [-0.2, 0) is 6.54 Å². The van der Waals surface area contributed by atoms with Crippen LogP contribution in [0.4, 0.5) is 0 Å². The van der Waals surface area contributed by atoms with Crippen molar-refractivity contribution in [2.24, 2.45) is 0 Å². The Kier molecular flexibility index (Phi) is 3.79. The summed E-state index contributed by atoms with van der Waals surface area (Å²) in [4.78, 5) is 3.08. The lowest BCUT2D eigenvalue weighted by molar-refractivity contribution is 0.563. The van der Waals surface area contributed by atoms with E-state index in [2.05, 4.69) is 53.7 Å². The fraction of sp³-hybridized carbons (Fsp3) is 0.357. The predicted octanol–water partition coefficient (Wildman–Crippen LogP) is 4.05. The summed E-state index contributed by atoms with van der Waals surface area (Å²) in [6.07, 6.45) is 3.08. The molecule has 0 aliphatic rings. The number of hydrogen-bond donors (Lipinski definition) is 1. The molecule has 0 aliphatic heterocycles. The van der Waals surface area contributed by atoms with Crippen LogP contribution >= 0.6 is 12.2 Å². The Bertz CT molecular complexity index is 525. The van der Waals surface area contributed by atoms with Gasteiger partial charge in [0.25, 0.3) is 0 Å². The summed E-state index contributed by atoms with van der Waals surface area (Å²) in [5, 5.41) is 0. The number of nitrogens with zero attached hydrogens (tertiary/aromatic N) is 1. The van der Waals surface area contributed by atoms with Crippen molar-refractivity contribution in [2.75, 3.05) is 0 Å². The number of aromatic amines is 1. The average Bonchev–Trinajstić information content (AvgIpc) is 2.67. The van der Waals surface area contributed by atoms with Gasteiger partial charge in [-0.2, -0.15) is 0 Å². The topological polar surface area (TPSA) is 20.7 Å². The van der Waals surface area contributed by atoms with Gasteiger partial charge in [-0.25, -0.2) is 0 Å². The summed E-state index contributed by atoms with van der Waals surface area (Å²) in [5.74, 6) is 0.562. The Balaban J connectivity index is 2.02. The number of aryl methyl sites for hydroxylation is 1. The average molecular weight is 246 g/mol. The van der Waals surface area contributed by atoms with E-state index in [-0.39, 0.29) is 0 Å². The Morgan fingerprint density at radius 2 is 2.00 bits per heavy atom. The van der Waals surface area contributed by atoms with Gasteiger partial charge in [-0.15, -0.1) is 0 Å². The zero-order chi connectivity index (χ0) is 12.3. The normalized spacial score (nSPS) is 12.6. The summed E-state index contributed by atoms with van der Waals surface area (Å²) in [6, 6.07) is 10.6. The second-order valence-electron chi connectivity index (χ2n) is 4.49. The van der Waals surface area contributed by atoms with Gasteiger partial charge in [-0.3, -0.25) is 0 Å². The van der Waals surface area contributed by atoms with E-state index in [1.54, 1.807) is 0 Å². The first-order valence-corrected chi connectivity index (χ1v) is 6.39. The maximum atomic E-state index is 5.25. The van der Waals surface area contributed by atoms with Crippen molar-refractivity contribution < 1.29 is 0 Å². The van der Waals surface area contributed by atoms with E-state index < -0.39 is 0 Å². The standard InChI is InChI=1S/C14H18N2S/c1-11(13-6-4-3-5-7-13)8-9-16-12(2)10-15-14(16)17/h3-7,10-11H,8-9H2,1-2H3,(H,15,17). The molecule has 3 heteroatoms. The lowest BCUT2D eigenvalue weighted by atomic mass is 9.98. The number of H-pyrrole nitrogens is 1. The van der Waals surface area contributed by atoms with Crippen molar-refractivity contribution in [3.63, 3.8) is 0 Å². The van der Waals surface area contributed by atoms with Gasteiger partial charge in [0.15, 0.2) is 4.77 Å². The van der Waals surface area contributed by atoms with Crippen molar-refractivity contribution in [2.45, 2.75) is 32.7 Å². The van der Waals surface area contributed by atoms with Gasteiger partial charge in [0.05, 0.1) is 0 Å². The molecule has 17 heavy (non-hydrogen) atoms. The molecule has 0 radical (unpaired) electrons. The molecule has 0 aliphatic carbocycles. The van der Waals surface area contributed by atoms with E-state index in [1.165, 1.54) is 11.3 Å². The molecule has 1 unspecified atom stereocenters. The van der Waals surface area contributed by atoms with Gasteiger partial charge in [0.1, 0.15) is 0 Å². The van der Waals surface area contributed by atoms with E-state index in [0.717, 1.165) is 17.7 Å². The number of imidazole rings is 1. The summed E-state index contributed by atoms with van der Waals surface area (Å²) >= 11 is 5.25. The number of benzene rings is 1. The molecule has 2 rings (SSSR count). The molecule has 1 N–H and O–H groups in total. The van der Waals surface area contributed by atoms with Crippen molar-refractivity contribution in [1.29, 1.82) is 0 Å². The molecule has 90 valence electrons. The van der Waals surface area contributed by atoms with Gasteiger partial charge in [0.2, 0.25) is 0 Å². The van der Waals surface area contributed by atoms with Gasteiger partial charge < -0.3 is 9.55 Å². The molecule has 0 spiro atoms. The van der Waals surface area contributed by atoms with Crippen LogP contribution < -0.4 is 0 Å². The summed E-state index contributed by atoms with van der Waals surface area (Å²) in [7, 11) is 0. The highest BCUT2D eigenvalue weighted by Gasteiger charge is 2.06. The predicted molar refractivity (Wildman–Crippen MR) is 73.8 cm³/mol. The first kappa shape index (κ1) is 12.1. The van der Waals surface area contributed by atoms with Crippen molar-refractivity contribution in [1.82, 2.24) is 9.55 Å². The lowest BCUT2D eigenvalue weighted by Crippen LogP contribution is -2.04. The monoisotopic (exact) mass is 246 g/mol. The van der Waals surface area contributed by atoms with Crippen LogP contribution in [0.15, 0.2) is 36.5 Å². The van der Waals surface area contributed by atoms with E-state index in [1.807, 2.05) is 6.20 Å². The van der Waals surface area contributed by atoms with Crippen molar-refractivity contribution in [3.8, 4) is 0 Å². The van der Waals surface area contributed by atoms with E-state index >= 15 is 0 Å². The van der Waals surface area contributed by atoms with Crippen LogP contribution in [0.5, 0.6) is 0 Å². The fourth-order valence-electron chi connectivity index (χ4n) is 2.03. The maximum Gasteiger partial charge on any atom is 0.177 e. The van der Waals surface area contributed by atoms with Crippen LogP contribution in [0, 0.1) is 11.7 Å². The number of aromatic nitrogens is 2. The lowest BCUT2D eigenvalue weighted by Gasteiger charge is -2.13. The Morgan fingerprint density at radius 3 is 2.59 bits per heavy atom. The highest BCUT2D eigenvalue weighted by molar-refractivity contribution is 7.71. The third-order valence-corrected chi connectivity index (χ3v) is 3.57. The highest BCUT2D eigenvalue weighted by Crippen LogP contribution is 2.19. The number of hydrogen-bond acceptors (Lipinski definition) is 1. The SMILES string of the molecule is Cc1c[nH]c(=S)n1CCC(C)c1ccccc1. The van der Waals surface area contributed by atoms with Gasteiger partial charge in [-0.1, -0.05) is 37.3 Å². The van der Waals surface area contributed by atoms with Gasteiger partial charge >= 0.3 is 0 Å². The third-order valence-electron chi connectivity index (χ3n) is 3.23. The summed E-state index contributed by atoms with van der Waals surface area (Å²) < 4.78 is 2.98. The van der Waals surface area contributed by atoms with Crippen LogP contribution in [0.3, 0.4) is 0 Å². The molecule has 2 nitrogen and oxygen atoms in total. The second kappa shape index (κ2) is 5.32. The molecule has 0 bridgehead atoms. The van der Waals surface area contributed by atoms with Crippen LogP contribution in [-0.4, -0.2) is 9.55 Å². The van der Waals surface area contributed by atoms with Crippen LogP contribution in [0.1, 0.15) is 30.5 Å². The van der Waals surface area contributed by atoms with E-state index in [0.29, 0.717) is 5.92 Å². The van der Waals surface area contributed by atoms with Crippen LogP contribution in [0.2, 0.25) is 0 Å². The molecule has 0 saturated carbocycles. The molecule has 0 fully saturated rings. The Morgan fingerprint density at radius 1 is 1.29 bits per heavy atom. The Hall–Kier alpha value is -1.35. The molecule has 1 aromatic heterocycles. The largest absolute Gasteiger partial charge is 0.337 e. The minimum Gasteiger partial charge on any atom is -0.337 e. The van der Waals surface area contributed by atoms with Crippen molar-refractivity contribution >= 4 is 12.2 Å². The highest BCUT2D eigenvalue weighted by atomic mass is 32.1. The third kappa shape index (κ3) is 2.86. The van der Waals surface area contributed by atoms with Gasteiger partial charge in [-0.05, 0) is 37.0 Å². The second-order valence-corrected chi connectivity index (χ2v) is 4.87. The maximum absolute atomic E-state index is 5.25. The first-order valence-electron chi connectivity index (χ1n) is 5.98. The molecule has 2 aromatic rings. The van der Waals surface area contributed by atoms with Crippen molar-refractivity contribution in [3.05, 3.63) is 52.6 Å². The minimum atomic E-state index is 0.562. The summed E-state index contributed by atoms with van der Waals surface area (Å²) in [6.45, 7) is 5.32. The smallest absolute Gasteiger partial charge is 0.177 e. The molecular formula is C14H18N2S. The molecular weight excluding hydrogens is 228 g/mol. The Labute approximate surface area is 107 Å². The minimum absolute atomic E-state index is 0.562. The zero-order valence-corrected chi connectivity index (χ0v) is 11.1. The number of nitrogens with one attached hydrogen (secondary N) is 1. The molecule has 1 aromatic carbocycles. The molecule has 0 saturated heterocycles. The van der Waals surface area contributed by atoms with E-state index in [4.69, 9.17) is 12.2 Å². The summed E-state index contributed by atoms with van der Waals surface area (Å²) in [5.41, 5.74) is 2.60. The molecule has 1 atom stereocenters. The van der Waals surface area contributed by atoms with Gasteiger partial charge in [0, 0.05) is 18.4 Å². The molecule has 1 heterocycles. The quantitative estimate of drug-likeness (QED) is 0.807. The fourth-order valence-corrected chi connectivity index (χ4v) is 2.33. The van der Waals surface area contributed by atoms with Crippen LogP contribution in [0.25, 0.3) is 0 Å².